The van der Waals surface area contributed by atoms with Gasteiger partial charge in [0.05, 0.1) is 17.7 Å². The highest BCUT2D eigenvalue weighted by Crippen LogP contribution is 2.37. The Bertz CT molecular complexity index is 620. The normalized spacial score (nSPS) is 10.6. The minimum absolute atomic E-state index is 0.505. The zero-order valence-corrected chi connectivity index (χ0v) is 15.8. The maximum absolute atomic E-state index is 5.99. The first kappa shape index (κ1) is 18.8. The largest absolute Gasteiger partial charge is 0.490 e. The fourth-order valence-corrected chi connectivity index (χ4v) is 2.87. The van der Waals surface area contributed by atoms with Crippen molar-refractivity contribution < 1.29 is 14.2 Å². The van der Waals surface area contributed by atoms with E-state index in [-0.39, 0.29) is 0 Å². The molecule has 0 aliphatic heterocycles. The van der Waals surface area contributed by atoms with Crippen molar-refractivity contribution >= 4 is 15.9 Å². The molecule has 0 saturated carbocycles. The van der Waals surface area contributed by atoms with Crippen molar-refractivity contribution in [2.75, 3.05) is 26.9 Å². The molecule has 0 amide bonds. The van der Waals surface area contributed by atoms with Crippen molar-refractivity contribution in [3.05, 3.63) is 58.1 Å². The van der Waals surface area contributed by atoms with Crippen molar-refractivity contribution in [2.24, 2.45) is 0 Å². The van der Waals surface area contributed by atoms with Crippen LogP contribution in [0.4, 0.5) is 0 Å². The van der Waals surface area contributed by atoms with E-state index in [1.807, 2.05) is 43.3 Å². The topological polar surface area (TPSA) is 39.7 Å². The lowest BCUT2D eigenvalue weighted by atomic mass is 10.2. The fraction of sp³-hybridized carbons (Fsp3) is 0.368. The molecular weight excluding hydrogens is 370 g/mol. The summed E-state index contributed by atoms with van der Waals surface area (Å²) in [5.74, 6) is 1.49. The van der Waals surface area contributed by atoms with Crippen molar-refractivity contribution in [1.82, 2.24) is 5.32 Å². The maximum atomic E-state index is 5.99. The molecule has 2 aromatic rings. The van der Waals surface area contributed by atoms with Crippen LogP contribution < -0.4 is 14.8 Å². The number of nitrogens with one attached hydrogen (secondary N) is 1. The average molecular weight is 394 g/mol. The van der Waals surface area contributed by atoms with E-state index in [1.165, 1.54) is 0 Å². The van der Waals surface area contributed by atoms with E-state index in [2.05, 4.69) is 27.3 Å². The second-order valence-corrected chi connectivity index (χ2v) is 6.14. The number of benzene rings is 2. The van der Waals surface area contributed by atoms with E-state index in [4.69, 9.17) is 14.2 Å². The Kier molecular flexibility index (Phi) is 8.08. The van der Waals surface area contributed by atoms with Crippen LogP contribution in [0.3, 0.4) is 0 Å². The fourth-order valence-electron chi connectivity index (χ4n) is 2.26. The van der Waals surface area contributed by atoms with Gasteiger partial charge in [0, 0.05) is 20.2 Å². The summed E-state index contributed by atoms with van der Waals surface area (Å²) in [5.41, 5.74) is 2.26. The van der Waals surface area contributed by atoms with Gasteiger partial charge in [-0.2, -0.15) is 0 Å². The molecule has 0 spiro atoms. The predicted octanol–water partition coefficient (Wildman–Crippen LogP) is 4.16. The Balaban J connectivity index is 2.08. The summed E-state index contributed by atoms with van der Waals surface area (Å²) < 4.78 is 17.7. The van der Waals surface area contributed by atoms with Crippen molar-refractivity contribution in [3.63, 3.8) is 0 Å². The van der Waals surface area contributed by atoms with Gasteiger partial charge < -0.3 is 19.5 Å². The molecule has 0 bridgehead atoms. The minimum Gasteiger partial charge on any atom is -0.490 e. The molecule has 24 heavy (non-hydrogen) atoms. The lowest BCUT2D eigenvalue weighted by Crippen LogP contribution is -2.18. The summed E-state index contributed by atoms with van der Waals surface area (Å²) in [6.45, 7) is 5.32. The molecule has 130 valence electrons. The SMILES string of the molecule is CCOc1cc(CNCCOC)cc(Br)c1OCc1ccccc1. The summed E-state index contributed by atoms with van der Waals surface area (Å²) >= 11 is 3.61. The standard InChI is InChI=1S/C19H24BrNO3/c1-3-23-18-12-16(13-21-9-10-22-2)11-17(20)19(18)24-14-15-7-5-4-6-8-15/h4-8,11-12,21H,3,9-10,13-14H2,1-2H3. The van der Waals surface area contributed by atoms with Gasteiger partial charge in [0.25, 0.3) is 0 Å². The van der Waals surface area contributed by atoms with Crippen molar-refractivity contribution in [2.45, 2.75) is 20.1 Å². The van der Waals surface area contributed by atoms with Gasteiger partial charge in [-0.05, 0) is 46.1 Å². The van der Waals surface area contributed by atoms with Crippen LogP contribution in [-0.4, -0.2) is 26.9 Å². The van der Waals surface area contributed by atoms with Gasteiger partial charge in [0.2, 0.25) is 0 Å². The van der Waals surface area contributed by atoms with Crippen LogP contribution in [0.25, 0.3) is 0 Å². The molecule has 2 rings (SSSR count). The second-order valence-electron chi connectivity index (χ2n) is 5.28. The predicted molar refractivity (Wildman–Crippen MR) is 99.7 cm³/mol. The number of hydrogen-bond donors (Lipinski definition) is 1. The van der Waals surface area contributed by atoms with Gasteiger partial charge in [0.1, 0.15) is 6.61 Å². The molecule has 0 heterocycles. The van der Waals surface area contributed by atoms with Crippen LogP contribution in [0, 0.1) is 0 Å². The first-order valence-electron chi connectivity index (χ1n) is 8.06. The van der Waals surface area contributed by atoms with Gasteiger partial charge in [-0.3, -0.25) is 0 Å². The molecule has 0 saturated heterocycles. The van der Waals surface area contributed by atoms with Crippen LogP contribution in [0.15, 0.2) is 46.9 Å². The maximum Gasteiger partial charge on any atom is 0.175 e. The third-order valence-electron chi connectivity index (χ3n) is 3.41. The number of hydrogen-bond acceptors (Lipinski definition) is 4. The lowest BCUT2D eigenvalue weighted by molar-refractivity contribution is 0.199. The van der Waals surface area contributed by atoms with Gasteiger partial charge in [0.15, 0.2) is 11.5 Å². The lowest BCUT2D eigenvalue weighted by Gasteiger charge is -2.16. The molecule has 1 N–H and O–H groups in total. The van der Waals surface area contributed by atoms with E-state index in [9.17, 15) is 0 Å². The van der Waals surface area contributed by atoms with Crippen LogP contribution in [0.2, 0.25) is 0 Å². The van der Waals surface area contributed by atoms with Gasteiger partial charge in [-0.15, -0.1) is 0 Å². The average Bonchev–Trinajstić information content (AvgIpc) is 2.59. The highest BCUT2D eigenvalue weighted by molar-refractivity contribution is 9.10. The highest BCUT2D eigenvalue weighted by atomic mass is 79.9. The van der Waals surface area contributed by atoms with Gasteiger partial charge in [-0.1, -0.05) is 30.3 Å². The van der Waals surface area contributed by atoms with Crippen LogP contribution >= 0.6 is 15.9 Å². The highest BCUT2D eigenvalue weighted by Gasteiger charge is 2.12. The number of halogens is 1. The van der Waals surface area contributed by atoms with Crippen molar-refractivity contribution in [1.29, 1.82) is 0 Å². The first-order valence-corrected chi connectivity index (χ1v) is 8.85. The van der Waals surface area contributed by atoms with Crippen molar-refractivity contribution in [3.8, 4) is 11.5 Å². The van der Waals surface area contributed by atoms with E-state index >= 15 is 0 Å². The van der Waals surface area contributed by atoms with E-state index in [0.29, 0.717) is 19.8 Å². The second kappa shape index (κ2) is 10.3. The van der Waals surface area contributed by atoms with Crippen LogP contribution in [0.5, 0.6) is 11.5 Å². The summed E-state index contributed by atoms with van der Waals surface area (Å²) in [6, 6.07) is 14.2. The minimum atomic E-state index is 0.505. The molecular formula is C19H24BrNO3. The monoisotopic (exact) mass is 393 g/mol. The Labute approximate surface area is 152 Å². The van der Waals surface area contributed by atoms with Gasteiger partial charge >= 0.3 is 0 Å². The molecule has 5 heteroatoms. The molecule has 0 atom stereocenters. The molecule has 0 aliphatic rings. The third kappa shape index (κ3) is 5.82. The zero-order chi connectivity index (χ0) is 17.2. The molecule has 0 radical (unpaired) electrons. The molecule has 2 aromatic carbocycles. The van der Waals surface area contributed by atoms with Crippen LogP contribution in [0.1, 0.15) is 18.1 Å². The number of ether oxygens (including phenoxy) is 3. The molecule has 0 fully saturated rings. The Morgan fingerprint density at radius 1 is 1.04 bits per heavy atom. The first-order chi connectivity index (χ1) is 11.7. The third-order valence-corrected chi connectivity index (χ3v) is 4.00. The Morgan fingerprint density at radius 2 is 1.83 bits per heavy atom. The Morgan fingerprint density at radius 3 is 2.54 bits per heavy atom. The molecule has 4 nitrogen and oxygen atoms in total. The number of methoxy groups -OCH3 is 1. The van der Waals surface area contributed by atoms with Crippen LogP contribution in [-0.2, 0) is 17.9 Å². The zero-order valence-electron chi connectivity index (χ0n) is 14.2. The van der Waals surface area contributed by atoms with Gasteiger partial charge in [-0.25, -0.2) is 0 Å². The van der Waals surface area contributed by atoms with E-state index < -0.39 is 0 Å². The smallest absolute Gasteiger partial charge is 0.175 e. The number of rotatable bonds is 10. The van der Waals surface area contributed by atoms with E-state index in [1.54, 1.807) is 7.11 Å². The molecule has 0 aliphatic carbocycles. The quantitative estimate of drug-likeness (QED) is 0.615. The summed E-state index contributed by atoms with van der Waals surface area (Å²) in [5, 5.41) is 3.33. The van der Waals surface area contributed by atoms with E-state index in [0.717, 1.165) is 40.2 Å². The summed E-state index contributed by atoms with van der Waals surface area (Å²) in [6.07, 6.45) is 0. The summed E-state index contributed by atoms with van der Waals surface area (Å²) in [4.78, 5) is 0. The summed E-state index contributed by atoms with van der Waals surface area (Å²) in [7, 11) is 1.70. The molecule has 0 unspecified atom stereocenters. The molecule has 0 aromatic heterocycles. The Hall–Kier alpha value is -1.56.